The minimum Gasteiger partial charge on any atom is -0.508 e. The van der Waals surface area contributed by atoms with Crippen molar-refractivity contribution in [3.05, 3.63) is 59.7 Å². The molecule has 0 unspecified atom stereocenters. The summed E-state index contributed by atoms with van der Waals surface area (Å²) >= 11 is 0. The first-order valence-corrected chi connectivity index (χ1v) is 17.1. The van der Waals surface area contributed by atoms with E-state index in [1.807, 2.05) is 0 Å². The Balaban J connectivity index is 1.63. The number of hydrogen-bond acceptors (Lipinski definition) is 10. The number of carbonyl (C=O) groups excluding carboxylic acids is 4. The molecule has 0 aliphatic carbocycles. The van der Waals surface area contributed by atoms with Gasteiger partial charge in [-0.3, -0.25) is 19.3 Å². The third kappa shape index (κ3) is 11.1. The first kappa shape index (κ1) is 38.0. The molecule has 2 saturated heterocycles. The van der Waals surface area contributed by atoms with E-state index in [0.717, 1.165) is 0 Å². The molecule has 3 atom stereocenters. The molecule has 2 amide bonds. The lowest BCUT2D eigenvalue weighted by atomic mass is 9.79. The van der Waals surface area contributed by atoms with Gasteiger partial charge in [0.2, 0.25) is 11.8 Å². The number of benzene rings is 2. The molecule has 0 spiro atoms. The summed E-state index contributed by atoms with van der Waals surface area (Å²) in [5.41, 5.74) is 0.708. The number of ether oxygens (including phenoxy) is 2. The molecule has 12 nitrogen and oxygen atoms in total. The predicted octanol–water partition coefficient (Wildman–Crippen LogP) is 1.31. The maximum Gasteiger partial charge on any atom is 0.488 e. The van der Waals surface area contributed by atoms with Gasteiger partial charge in [-0.1, -0.05) is 36.4 Å². The molecular formula is C36H50BN3O9. The van der Waals surface area contributed by atoms with Crippen molar-refractivity contribution in [3.8, 4) is 5.75 Å². The number of esters is 1. The van der Waals surface area contributed by atoms with Gasteiger partial charge in [-0.2, -0.15) is 0 Å². The summed E-state index contributed by atoms with van der Waals surface area (Å²) in [6.45, 7) is 8.72. The van der Waals surface area contributed by atoms with E-state index in [1.54, 1.807) is 74.2 Å². The Morgan fingerprint density at radius 3 is 2.29 bits per heavy atom. The molecule has 4 rings (SSSR count). The van der Waals surface area contributed by atoms with Gasteiger partial charge < -0.3 is 34.4 Å². The molecule has 2 heterocycles. The second-order valence-electron chi connectivity index (χ2n) is 14.0. The molecule has 3 N–H and O–H groups in total. The molecule has 266 valence electrons. The summed E-state index contributed by atoms with van der Waals surface area (Å²) in [5, 5.41) is 29.5. The zero-order valence-corrected chi connectivity index (χ0v) is 29.0. The van der Waals surface area contributed by atoms with Gasteiger partial charge in [0, 0.05) is 58.3 Å². The Morgan fingerprint density at radius 1 is 1.00 bits per heavy atom. The second kappa shape index (κ2) is 17.2. The monoisotopic (exact) mass is 679 g/mol. The van der Waals surface area contributed by atoms with Gasteiger partial charge in [-0.05, 0) is 68.9 Å². The number of carbonyl (C=O) groups is 4. The van der Waals surface area contributed by atoms with Crippen LogP contribution in [0.1, 0.15) is 57.6 Å². The summed E-state index contributed by atoms with van der Waals surface area (Å²) in [6.07, 6.45) is 1.43. The van der Waals surface area contributed by atoms with E-state index in [0.29, 0.717) is 69.8 Å². The van der Waals surface area contributed by atoms with E-state index in [2.05, 4.69) is 4.90 Å². The van der Waals surface area contributed by atoms with Crippen LogP contribution in [0.15, 0.2) is 48.5 Å². The number of morpholine rings is 1. The number of phenolic OH excluding ortho intramolecular Hbond substituents is 1. The van der Waals surface area contributed by atoms with Crippen molar-refractivity contribution in [2.24, 2.45) is 5.92 Å². The highest BCUT2D eigenvalue weighted by Crippen LogP contribution is 2.25. The minimum absolute atomic E-state index is 0.0459. The van der Waals surface area contributed by atoms with Crippen molar-refractivity contribution in [1.82, 2.24) is 14.7 Å². The summed E-state index contributed by atoms with van der Waals surface area (Å²) in [4.78, 5) is 60.4. The molecule has 0 saturated carbocycles. The average molecular weight is 680 g/mol. The molecule has 0 radical (unpaired) electrons. The number of likely N-dealkylation sites (N-methyl/N-ethyl adjacent to an activating group) is 1. The summed E-state index contributed by atoms with van der Waals surface area (Å²) in [5.74, 6) is -2.15. The summed E-state index contributed by atoms with van der Waals surface area (Å²) < 4.78 is 11.2. The van der Waals surface area contributed by atoms with Crippen LogP contribution >= 0.6 is 0 Å². The Labute approximate surface area is 289 Å². The van der Waals surface area contributed by atoms with Gasteiger partial charge in [0.05, 0.1) is 19.3 Å². The van der Waals surface area contributed by atoms with Crippen molar-refractivity contribution in [1.29, 1.82) is 0 Å². The van der Waals surface area contributed by atoms with E-state index in [-0.39, 0.29) is 42.2 Å². The zero-order chi connectivity index (χ0) is 35.7. The standard InChI is InChI=1S/C36H50BN3O9/c1-36(2,3)49-35(45)31(23-25-8-5-10-28(20-25)37(46)47)38(4)34(44)27(13-15-39-16-18-48-19-17-39)24-32(42)30(40-14-7-12-33(40)43)22-26-9-6-11-29(41)21-26/h5-6,8-11,20-21,27,30-31,41,46-47H,7,12-19,22-24H2,1-4H3/t27-,30+,31+/m1/s1. The third-order valence-electron chi connectivity index (χ3n) is 9.06. The van der Waals surface area contributed by atoms with E-state index >= 15 is 0 Å². The van der Waals surface area contributed by atoms with Crippen LogP contribution in [0, 0.1) is 5.92 Å². The number of phenols is 1. The highest BCUT2D eigenvalue weighted by molar-refractivity contribution is 6.58. The zero-order valence-electron chi connectivity index (χ0n) is 29.0. The van der Waals surface area contributed by atoms with Gasteiger partial charge in [0.25, 0.3) is 0 Å². The molecule has 0 aromatic heterocycles. The number of amides is 2. The Morgan fingerprint density at radius 2 is 1.67 bits per heavy atom. The summed E-state index contributed by atoms with van der Waals surface area (Å²) in [6, 6.07) is 11.2. The van der Waals surface area contributed by atoms with Crippen LogP contribution in [-0.2, 0) is 41.5 Å². The van der Waals surface area contributed by atoms with Crippen LogP contribution < -0.4 is 5.46 Å². The molecule has 2 aromatic carbocycles. The minimum atomic E-state index is -1.70. The molecule has 2 aromatic rings. The molecule has 13 heteroatoms. The quantitative estimate of drug-likeness (QED) is 0.185. The van der Waals surface area contributed by atoms with E-state index in [1.165, 1.54) is 11.9 Å². The third-order valence-corrected chi connectivity index (χ3v) is 9.06. The molecular weight excluding hydrogens is 629 g/mol. The lowest BCUT2D eigenvalue weighted by Gasteiger charge is -2.34. The number of ketones is 1. The highest BCUT2D eigenvalue weighted by atomic mass is 16.6. The fourth-order valence-electron chi connectivity index (χ4n) is 6.45. The van der Waals surface area contributed by atoms with Crippen LogP contribution in [0.2, 0.25) is 0 Å². The maximum absolute atomic E-state index is 14.5. The molecule has 2 aliphatic heterocycles. The number of Topliss-reactive ketones (excluding diaryl/α,β-unsaturated/α-hetero) is 1. The van der Waals surface area contributed by atoms with Crippen LogP contribution in [0.25, 0.3) is 0 Å². The Kier molecular flexibility index (Phi) is 13.4. The highest BCUT2D eigenvalue weighted by Gasteiger charge is 2.38. The number of nitrogens with zero attached hydrogens (tertiary/aromatic N) is 3. The van der Waals surface area contributed by atoms with E-state index in [9.17, 15) is 34.3 Å². The van der Waals surface area contributed by atoms with Gasteiger partial charge in [-0.15, -0.1) is 0 Å². The second-order valence-corrected chi connectivity index (χ2v) is 14.0. The number of rotatable bonds is 15. The summed E-state index contributed by atoms with van der Waals surface area (Å²) in [7, 11) is -0.174. The normalized spacial score (nSPS) is 17.3. The smallest absolute Gasteiger partial charge is 0.488 e. The van der Waals surface area contributed by atoms with Crippen LogP contribution in [0.5, 0.6) is 5.75 Å². The average Bonchev–Trinajstić information content (AvgIpc) is 3.48. The number of likely N-dealkylation sites (tertiary alicyclic amines) is 1. The van der Waals surface area contributed by atoms with Crippen LogP contribution in [-0.4, -0.2) is 125 Å². The Hall–Kier alpha value is -3.78. The lowest BCUT2D eigenvalue weighted by molar-refractivity contribution is -0.165. The SMILES string of the molecule is CN(C(=O)[C@H](CCN1CCOCC1)CC(=O)[C@H](Cc1cccc(O)c1)N1CCCC1=O)[C@@H](Cc1cccc(B(O)O)c1)C(=O)OC(C)(C)C. The number of aromatic hydroxyl groups is 1. The van der Waals surface area contributed by atoms with Crippen molar-refractivity contribution in [3.63, 3.8) is 0 Å². The van der Waals surface area contributed by atoms with E-state index < -0.39 is 42.6 Å². The van der Waals surface area contributed by atoms with Gasteiger partial charge in [-0.25, -0.2) is 4.79 Å². The maximum atomic E-state index is 14.5. The van der Waals surface area contributed by atoms with Gasteiger partial charge in [0.15, 0.2) is 5.78 Å². The molecule has 49 heavy (non-hydrogen) atoms. The van der Waals surface area contributed by atoms with Crippen molar-refractivity contribution in [2.45, 2.75) is 77.0 Å². The molecule has 0 bridgehead atoms. The van der Waals surface area contributed by atoms with Gasteiger partial charge >= 0.3 is 13.1 Å². The predicted molar refractivity (Wildman–Crippen MR) is 184 cm³/mol. The first-order valence-electron chi connectivity index (χ1n) is 17.1. The van der Waals surface area contributed by atoms with Crippen molar-refractivity contribution >= 4 is 36.1 Å². The van der Waals surface area contributed by atoms with Crippen molar-refractivity contribution in [2.75, 3.05) is 46.4 Å². The van der Waals surface area contributed by atoms with Crippen LogP contribution in [0.4, 0.5) is 0 Å². The fourth-order valence-corrected chi connectivity index (χ4v) is 6.45. The molecule has 2 aliphatic rings. The largest absolute Gasteiger partial charge is 0.508 e. The first-order chi connectivity index (χ1) is 23.2. The van der Waals surface area contributed by atoms with Crippen LogP contribution in [0.3, 0.4) is 0 Å². The van der Waals surface area contributed by atoms with E-state index in [4.69, 9.17) is 9.47 Å². The van der Waals surface area contributed by atoms with Crippen molar-refractivity contribution < 1.29 is 43.8 Å². The number of hydrogen-bond donors (Lipinski definition) is 3. The van der Waals surface area contributed by atoms with Gasteiger partial charge in [0.1, 0.15) is 17.4 Å². The molecule has 2 fully saturated rings. The topological polar surface area (TPSA) is 157 Å². The Bertz CT molecular complexity index is 1460. The lowest BCUT2D eigenvalue weighted by Crippen LogP contribution is -2.50. The fraction of sp³-hybridized carbons (Fsp3) is 0.556.